The first kappa shape index (κ1) is 14.6. The highest BCUT2D eigenvalue weighted by Crippen LogP contribution is 2.33. The number of nitrogens with one attached hydrogen (secondary N) is 1. The predicted molar refractivity (Wildman–Crippen MR) is 80.0 cm³/mol. The highest BCUT2D eigenvalue weighted by molar-refractivity contribution is 6.40. The van der Waals surface area contributed by atoms with Crippen LogP contribution in [0.3, 0.4) is 0 Å². The summed E-state index contributed by atoms with van der Waals surface area (Å²) in [6.45, 7) is 1.62. The van der Waals surface area contributed by atoms with Gasteiger partial charge in [-0.3, -0.25) is 4.79 Å². The first-order chi connectivity index (χ1) is 9.38. The lowest BCUT2D eigenvalue weighted by Crippen LogP contribution is -2.13. The number of benzene rings is 2. The third-order valence-electron chi connectivity index (χ3n) is 2.74. The van der Waals surface area contributed by atoms with Gasteiger partial charge in [0.05, 0.1) is 15.7 Å². The van der Waals surface area contributed by atoms with Crippen LogP contribution in [0.4, 0.5) is 15.8 Å². The number of nitrogen functional groups attached to an aromatic ring is 1. The highest BCUT2D eigenvalue weighted by Gasteiger charge is 2.13. The number of hydrogen-bond donors (Lipinski definition) is 2. The normalized spacial score (nSPS) is 10.4. The van der Waals surface area contributed by atoms with Crippen molar-refractivity contribution >= 4 is 40.5 Å². The van der Waals surface area contributed by atoms with Crippen LogP contribution in [0.2, 0.25) is 10.0 Å². The minimum Gasteiger partial charge on any atom is -0.399 e. The minimum atomic E-state index is -0.502. The van der Waals surface area contributed by atoms with Gasteiger partial charge >= 0.3 is 0 Å². The van der Waals surface area contributed by atoms with Gasteiger partial charge in [-0.1, -0.05) is 29.3 Å². The van der Waals surface area contributed by atoms with Crippen molar-refractivity contribution in [1.29, 1.82) is 0 Å². The van der Waals surface area contributed by atoms with Crippen LogP contribution in [0.1, 0.15) is 15.9 Å². The molecule has 0 atom stereocenters. The Kier molecular flexibility index (Phi) is 4.16. The number of carbonyl (C=O) groups excluding carboxylic acids is 1. The van der Waals surface area contributed by atoms with Gasteiger partial charge in [0.2, 0.25) is 0 Å². The van der Waals surface area contributed by atoms with Crippen LogP contribution in [0.15, 0.2) is 30.3 Å². The topological polar surface area (TPSA) is 55.1 Å². The zero-order chi connectivity index (χ0) is 14.9. The molecule has 0 aliphatic rings. The van der Waals surface area contributed by atoms with E-state index in [4.69, 9.17) is 28.9 Å². The standard InChI is InChI=1S/C14H11Cl2FN2O/c1-7-2-3-8(4-12(7)17)14(20)19-13-10(15)5-9(18)6-11(13)16/h2-6H,18H2,1H3,(H,19,20). The van der Waals surface area contributed by atoms with Crippen LogP contribution in [-0.4, -0.2) is 5.91 Å². The van der Waals surface area contributed by atoms with Gasteiger partial charge in [-0.05, 0) is 36.8 Å². The second kappa shape index (κ2) is 5.69. The van der Waals surface area contributed by atoms with E-state index >= 15 is 0 Å². The summed E-state index contributed by atoms with van der Waals surface area (Å²) in [4.78, 5) is 12.0. The average Bonchev–Trinajstić information content (AvgIpc) is 2.36. The van der Waals surface area contributed by atoms with E-state index in [2.05, 4.69) is 5.32 Å². The molecule has 0 bridgehead atoms. The molecule has 0 aliphatic heterocycles. The van der Waals surface area contributed by atoms with E-state index in [0.717, 1.165) is 6.07 Å². The number of halogens is 3. The lowest BCUT2D eigenvalue weighted by atomic mass is 10.1. The molecule has 0 saturated carbocycles. The Bertz CT molecular complexity index is 666. The summed E-state index contributed by atoms with van der Waals surface area (Å²) in [7, 11) is 0. The number of nitrogens with two attached hydrogens (primary N) is 1. The molecule has 0 fully saturated rings. The van der Waals surface area contributed by atoms with E-state index in [-0.39, 0.29) is 21.3 Å². The SMILES string of the molecule is Cc1ccc(C(=O)Nc2c(Cl)cc(N)cc2Cl)cc1F. The summed E-state index contributed by atoms with van der Waals surface area (Å²) >= 11 is 11.9. The van der Waals surface area contributed by atoms with E-state index in [9.17, 15) is 9.18 Å². The van der Waals surface area contributed by atoms with Crippen LogP contribution >= 0.6 is 23.2 Å². The van der Waals surface area contributed by atoms with E-state index in [0.29, 0.717) is 11.3 Å². The largest absolute Gasteiger partial charge is 0.399 e. The maximum Gasteiger partial charge on any atom is 0.255 e. The van der Waals surface area contributed by atoms with Crippen molar-refractivity contribution in [3.05, 3.63) is 57.3 Å². The molecule has 104 valence electrons. The van der Waals surface area contributed by atoms with Crippen molar-refractivity contribution in [2.24, 2.45) is 0 Å². The van der Waals surface area contributed by atoms with Gasteiger partial charge < -0.3 is 11.1 Å². The number of carbonyl (C=O) groups is 1. The summed E-state index contributed by atoms with van der Waals surface area (Å²) in [5, 5.41) is 2.98. The molecule has 3 N–H and O–H groups in total. The first-order valence-corrected chi connectivity index (χ1v) is 6.46. The monoisotopic (exact) mass is 312 g/mol. The molecule has 6 heteroatoms. The molecule has 0 heterocycles. The summed E-state index contributed by atoms with van der Waals surface area (Å²) in [5.74, 6) is -0.954. The fourth-order valence-corrected chi connectivity index (χ4v) is 2.23. The van der Waals surface area contributed by atoms with Gasteiger partial charge in [0.1, 0.15) is 5.82 Å². The summed E-state index contributed by atoms with van der Waals surface area (Å²) in [5.41, 5.74) is 6.85. The Balaban J connectivity index is 2.30. The van der Waals surface area contributed by atoms with Crippen LogP contribution in [0.5, 0.6) is 0 Å². The Labute approximate surface area is 125 Å². The smallest absolute Gasteiger partial charge is 0.255 e. The second-order valence-electron chi connectivity index (χ2n) is 4.28. The van der Waals surface area contributed by atoms with Crippen molar-refractivity contribution in [1.82, 2.24) is 0 Å². The maximum absolute atomic E-state index is 13.4. The summed E-state index contributed by atoms with van der Waals surface area (Å²) in [6, 6.07) is 7.14. The molecule has 0 radical (unpaired) electrons. The molecule has 0 spiro atoms. The van der Waals surface area contributed by atoms with E-state index in [1.165, 1.54) is 24.3 Å². The Morgan fingerprint density at radius 1 is 1.20 bits per heavy atom. The van der Waals surface area contributed by atoms with Gasteiger partial charge in [-0.2, -0.15) is 0 Å². The maximum atomic E-state index is 13.4. The molecule has 2 rings (SSSR count). The van der Waals surface area contributed by atoms with E-state index in [1.807, 2.05) is 0 Å². The van der Waals surface area contributed by atoms with Crippen molar-refractivity contribution in [2.75, 3.05) is 11.1 Å². The fraction of sp³-hybridized carbons (Fsp3) is 0.0714. The number of anilines is 2. The Morgan fingerprint density at radius 3 is 2.35 bits per heavy atom. The van der Waals surface area contributed by atoms with Gasteiger partial charge in [0.25, 0.3) is 5.91 Å². The second-order valence-corrected chi connectivity index (χ2v) is 5.09. The number of rotatable bonds is 2. The molecule has 0 saturated heterocycles. The van der Waals surface area contributed by atoms with Crippen LogP contribution in [0.25, 0.3) is 0 Å². The summed E-state index contributed by atoms with van der Waals surface area (Å²) < 4.78 is 13.4. The molecule has 0 aliphatic carbocycles. The number of amides is 1. The molecule has 3 nitrogen and oxygen atoms in total. The quantitative estimate of drug-likeness (QED) is 0.813. The Hall–Kier alpha value is -1.78. The number of hydrogen-bond acceptors (Lipinski definition) is 2. The van der Waals surface area contributed by atoms with Crippen molar-refractivity contribution in [3.8, 4) is 0 Å². The zero-order valence-electron chi connectivity index (χ0n) is 10.5. The third-order valence-corrected chi connectivity index (χ3v) is 3.33. The van der Waals surface area contributed by atoms with Crippen LogP contribution in [-0.2, 0) is 0 Å². The molecule has 2 aromatic rings. The third kappa shape index (κ3) is 3.03. The first-order valence-electron chi connectivity index (χ1n) is 5.70. The van der Waals surface area contributed by atoms with E-state index < -0.39 is 11.7 Å². The minimum absolute atomic E-state index is 0.178. The molecule has 2 aromatic carbocycles. The summed E-state index contributed by atoms with van der Waals surface area (Å²) in [6.07, 6.45) is 0. The lowest BCUT2D eigenvalue weighted by Gasteiger charge is -2.10. The van der Waals surface area contributed by atoms with E-state index in [1.54, 1.807) is 6.92 Å². The van der Waals surface area contributed by atoms with Gasteiger partial charge in [-0.25, -0.2) is 4.39 Å². The van der Waals surface area contributed by atoms with Crippen molar-refractivity contribution < 1.29 is 9.18 Å². The lowest BCUT2D eigenvalue weighted by molar-refractivity contribution is 0.102. The number of aryl methyl sites for hydroxylation is 1. The van der Waals surface area contributed by atoms with Gasteiger partial charge in [0, 0.05) is 11.3 Å². The van der Waals surface area contributed by atoms with Gasteiger partial charge in [0.15, 0.2) is 0 Å². The average molecular weight is 313 g/mol. The molecule has 20 heavy (non-hydrogen) atoms. The molecular weight excluding hydrogens is 302 g/mol. The predicted octanol–water partition coefficient (Wildman–Crippen LogP) is 4.28. The highest BCUT2D eigenvalue weighted by atomic mass is 35.5. The molecule has 1 amide bonds. The van der Waals surface area contributed by atoms with Crippen molar-refractivity contribution in [3.63, 3.8) is 0 Å². The Morgan fingerprint density at radius 2 is 1.80 bits per heavy atom. The fourth-order valence-electron chi connectivity index (χ4n) is 1.63. The molecular formula is C14H11Cl2FN2O. The van der Waals surface area contributed by atoms with Gasteiger partial charge in [-0.15, -0.1) is 0 Å². The van der Waals surface area contributed by atoms with Crippen LogP contribution in [0, 0.1) is 12.7 Å². The molecule has 0 aromatic heterocycles. The van der Waals surface area contributed by atoms with Crippen molar-refractivity contribution in [2.45, 2.75) is 6.92 Å². The van der Waals surface area contributed by atoms with Crippen LogP contribution < -0.4 is 11.1 Å². The zero-order valence-corrected chi connectivity index (χ0v) is 12.0. The molecule has 0 unspecified atom stereocenters.